The summed E-state index contributed by atoms with van der Waals surface area (Å²) in [6, 6.07) is 4.98. The third kappa shape index (κ3) is 2.43. The number of carboxylic acids is 1. The number of nitrogens with one attached hydrogen (secondary N) is 2. The first-order chi connectivity index (χ1) is 8.47. The Bertz CT molecular complexity index is 629. The van der Waals surface area contributed by atoms with Crippen LogP contribution in [0.3, 0.4) is 0 Å². The first kappa shape index (κ1) is 12.4. The Morgan fingerprint density at radius 2 is 2.06 bits per heavy atom. The van der Waals surface area contributed by atoms with Gasteiger partial charge in [-0.2, -0.15) is 0 Å². The van der Waals surface area contributed by atoms with E-state index in [1.165, 1.54) is 0 Å². The van der Waals surface area contributed by atoms with Crippen molar-refractivity contribution in [2.24, 2.45) is 0 Å². The third-order valence-corrected chi connectivity index (χ3v) is 3.03. The SMILES string of the molecule is CC(C(=O)O)N(C)Cc1ccc2[nH]c(=O)[nH]c2c1. The minimum Gasteiger partial charge on any atom is -0.480 e. The molecule has 1 heterocycles. The van der Waals surface area contributed by atoms with Crippen LogP contribution in [0.15, 0.2) is 23.0 Å². The van der Waals surface area contributed by atoms with E-state index in [-0.39, 0.29) is 5.69 Å². The molecule has 96 valence electrons. The Balaban J connectivity index is 2.21. The van der Waals surface area contributed by atoms with Crippen LogP contribution in [0, 0.1) is 0 Å². The quantitative estimate of drug-likeness (QED) is 0.746. The molecule has 0 aliphatic rings. The molecule has 6 nitrogen and oxygen atoms in total. The second-order valence-electron chi connectivity index (χ2n) is 4.39. The minimum absolute atomic E-state index is 0.241. The lowest BCUT2D eigenvalue weighted by atomic mass is 10.1. The molecule has 0 amide bonds. The maximum absolute atomic E-state index is 11.1. The van der Waals surface area contributed by atoms with Crippen molar-refractivity contribution in [3.63, 3.8) is 0 Å². The Morgan fingerprint density at radius 1 is 1.39 bits per heavy atom. The fraction of sp³-hybridized carbons (Fsp3) is 0.333. The van der Waals surface area contributed by atoms with Gasteiger partial charge in [0.1, 0.15) is 6.04 Å². The summed E-state index contributed by atoms with van der Waals surface area (Å²) in [4.78, 5) is 29.0. The molecule has 1 unspecified atom stereocenters. The largest absolute Gasteiger partial charge is 0.480 e. The number of fused-ring (bicyclic) bond motifs is 1. The minimum atomic E-state index is -0.853. The Labute approximate surface area is 103 Å². The van der Waals surface area contributed by atoms with E-state index >= 15 is 0 Å². The molecule has 0 bridgehead atoms. The van der Waals surface area contributed by atoms with E-state index in [9.17, 15) is 9.59 Å². The summed E-state index contributed by atoms with van der Waals surface area (Å²) >= 11 is 0. The number of aromatic nitrogens is 2. The Morgan fingerprint density at radius 3 is 2.72 bits per heavy atom. The van der Waals surface area contributed by atoms with Gasteiger partial charge >= 0.3 is 11.7 Å². The number of H-pyrrole nitrogens is 2. The first-order valence-corrected chi connectivity index (χ1v) is 5.61. The van der Waals surface area contributed by atoms with Gasteiger partial charge in [-0.1, -0.05) is 6.07 Å². The summed E-state index contributed by atoms with van der Waals surface area (Å²) < 4.78 is 0. The van der Waals surface area contributed by atoms with Gasteiger partial charge in [0.05, 0.1) is 11.0 Å². The first-order valence-electron chi connectivity index (χ1n) is 5.61. The number of imidazole rings is 1. The standard InChI is InChI=1S/C12H15N3O3/c1-7(11(16)17)15(2)6-8-3-4-9-10(5-8)14-12(18)13-9/h3-5,7H,6H2,1-2H3,(H,16,17)(H2,13,14,18). The lowest BCUT2D eigenvalue weighted by Gasteiger charge is -2.20. The van der Waals surface area contributed by atoms with Gasteiger partial charge in [-0.3, -0.25) is 9.69 Å². The number of likely N-dealkylation sites (N-methyl/N-ethyl adjacent to an activating group) is 1. The van der Waals surface area contributed by atoms with E-state index in [4.69, 9.17) is 5.11 Å². The summed E-state index contributed by atoms with van der Waals surface area (Å²) in [5, 5.41) is 8.91. The molecule has 0 fully saturated rings. The van der Waals surface area contributed by atoms with E-state index < -0.39 is 12.0 Å². The normalized spacial score (nSPS) is 13.1. The average molecular weight is 249 g/mol. The molecule has 1 aromatic heterocycles. The predicted octanol–water partition coefficient (Wildman–Crippen LogP) is 0.761. The van der Waals surface area contributed by atoms with Gasteiger partial charge in [-0.05, 0) is 31.7 Å². The van der Waals surface area contributed by atoms with Crippen molar-refractivity contribution in [2.45, 2.75) is 19.5 Å². The number of nitrogens with zero attached hydrogens (tertiary/aromatic N) is 1. The monoisotopic (exact) mass is 249 g/mol. The topological polar surface area (TPSA) is 89.2 Å². The van der Waals surface area contributed by atoms with Crippen LogP contribution in [0.2, 0.25) is 0 Å². The summed E-state index contributed by atoms with van der Waals surface area (Å²) in [7, 11) is 1.75. The number of hydrogen-bond acceptors (Lipinski definition) is 3. The highest BCUT2D eigenvalue weighted by molar-refractivity contribution is 5.75. The van der Waals surface area contributed by atoms with Crippen molar-refractivity contribution in [2.75, 3.05) is 7.05 Å². The number of aliphatic carboxylic acids is 1. The van der Waals surface area contributed by atoms with Gasteiger partial charge in [-0.25, -0.2) is 4.79 Å². The lowest BCUT2D eigenvalue weighted by Crippen LogP contribution is -2.35. The van der Waals surface area contributed by atoms with E-state index in [0.29, 0.717) is 6.54 Å². The second kappa shape index (κ2) is 4.66. The molecule has 0 saturated heterocycles. The molecule has 1 atom stereocenters. The van der Waals surface area contributed by atoms with Gasteiger partial charge in [0.15, 0.2) is 0 Å². The molecule has 2 aromatic rings. The summed E-state index contributed by atoms with van der Waals surface area (Å²) in [5.41, 5.74) is 2.19. The molecule has 18 heavy (non-hydrogen) atoms. The number of benzene rings is 1. The van der Waals surface area contributed by atoms with Gasteiger partial charge in [0.2, 0.25) is 0 Å². The Kier molecular flexibility index (Phi) is 3.20. The fourth-order valence-corrected chi connectivity index (χ4v) is 1.79. The van der Waals surface area contributed by atoms with E-state index in [1.807, 2.05) is 18.2 Å². The van der Waals surface area contributed by atoms with Crippen LogP contribution in [-0.4, -0.2) is 39.0 Å². The molecular formula is C12H15N3O3. The van der Waals surface area contributed by atoms with Crippen molar-refractivity contribution < 1.29 is 9.90 Å². The van der Waals surface area contributed by atoms with Gasteiger partial charge in [-0.15, -0.1) is 0 Å². The highest BCUT2D eigenvalue weighted by Crippen LogP contribution is 2.12. The third-order valence-electron chi connectivity index (χ3n) is 3.03. The van der Waals surface area contributed by atoms with Crippen LogP contribution in [0.1, 0.15) is 12.5 Å². The molecule has 6 heteroatoms. The maximum atomic E-state index is 11.1. The van der Waals surface area contributed by atoms with Crippen LogP contribution < -0.4 is 5.69 Å². The average Bonchev–Trinajstić information content (AvgIpc) is 2.67. The van der Waals surface area contributed by atoms with Crippen LogP contribution in [0.25, 0.3) is 11.0 Å². The lowest BCUT2D eigenvalue weighted by molar-refractivity contribution is -0.142. The van der Waals surface area contributed by atoms with Crippen LogP contribution in [-0.2, 0) is 11.3 Å². The molecule has 3 N–H and O–H groups in total. The van der Waals surface area contributed by atoms with Crippen LogP contribution in [0.5, 0.6) is 0 Å². The molecule has 0 spiro atoms. The zero-order valence-electron chi connectivity index (χ0n) is 10.2. The zero-order chi connectivity index (χ0) is 13.3. The van der Waals surface area contributed by atoms with E-state index in [0.717, 1.165) is 16.6 Å². The smallest absolute Gasteiger partial charge is 0.323 e. The highest BCUT2D eigenvalue weighted by Gasteiger charge is 2.16. The Hall–Kier alpha value is -2.08. The van der Waals surface area contributed by atoms with E-state index in [1.54, 1.807) is 18.9 Å². The van der Waals surface area contributed by atoms with E-state index in [2.05, 4.69) is 9.97 Å². The van der Waals surface area contributed by atoms with Gasteiger partial charge in [0.25, 0.3) is 0 Å². The highest BCUT2D eigenvalue weighted by atomic mass is 16.4. The number of aromatic amines is 2. The van der Waals surface area contributed by atoms with Crippen molar-refractivity contribution in [1.82, 2.24) is 14.9 Å². The van der Waals surface area contributed by atoms with Crippen molar-refractivity contribution in [1.29, 1.82) is 0 Å². The molecular weight excluding hydrogens is 234 g/mol. The molecule has 0 aliphatic carbocycles. The molecule has 0 saturated carbocycles. The van der Waals surface area contributed by atoms with Crippen molar-refractivity contribution in [3.05, 3.63) is 34.2 Å². The van der Waals surface area contributed by atoms with Crippen LogP contribution in [0.4, 0.5) is 0 Å². The van der Waals surface area contributed by atoms with Crippen molar-refractivity contribution >= 4 is 17.0 Å². The number of hydrogen-bond donors (Lipinski definition) is 3. The fourth-order valence-electron chi connectivity index (χ4n) is 1.79. The summed E-state index contributed by atoms with van der Waals surface area (Å²) in [6.45, 7) is 2.15. The van der Waals surface area contributed by atoms with Gasteiger partial charge < -0.3 is 15.1 Å². The molecule has 0 radical (unpaired) electrons. The zero-order valence-corrected chi connectivity index (χ0v) is 10.2. The van der Waals surface area contributed by atoms with Crippen LogP contribution >= 0.6 is 0 Å². The van der Waals surface area contributed by atoms with Gasteiger partial charge in [0, 0.05) is 6.54 Å². The predicted molar refractivity (Wildman–Crippen MR) is 67.5 cm³/mol. The number of carboxylic acid groups (broad SMARTS) is 1. The van der Waals surface area contributed by atoms with Crippen molar-refractivity contribution in [3.8, 4) is 0 Å². The number of rotatable bonds is 4. The molecule has 0 aliphatic heterocycles. The summed E-state index contributed by atoms with van der Waals surface area (Å²) in [6.07, 6.45) is 0. The number of carbonyl (C=O) groups is 1. The summed E-state index contributed by atoms with van der Waals surface area (Å²) in [5.74, 6) is -0.853. The maximum Gasteiger partial charge on any atom is 0.323 e. The molecule has 2 rings (SSSR count). The molecule has 1 aromatic carbocycles. The second-order valence-corrected chi connectivity index (χ2v) is 4.39.